The van der Waals surface area contributed by atoms with Gasteiger partial charge >= 0.3 is 0 Å². The summed E-state index contributed by atoms with van der Waals surface area (Å²) < 4.78 is 7.21. The number of hydrogen-bond donors (Lipinski definition) is 0. The molecule has 1 saturated carbocycles. The Bertz CT molecular complexity index is 654. The summed E-state index contributed by atoms with van der Waals surface area (Å²) in [6.07, 6.45) is 5.12. The number of halogens is 1. The number of hydrogen-bond acceptors (Lipinski definition) is 2. The molecular weight excluding hydrogens is 338 g/mol. The molecule has 3 rings (SSSR count). The van der Waals surface area contributed by atoms with E-state index in [0.717, 1.165) is 40.0 Å². The molecule has 118 valence electrons. The topological polar surface area (TPSA) is 22.1 Å². The molecular formula is C19H24BrNO. The van der Waals surface area contributed by atoms with Crippen LogP contribution in [0.15, 0.2) is 34.8 Å². The van der Waals surface area contributed by atoms with E-state index < -0.39 is 0 Å². The second-order valence-electron chi connectivity index (χ2n) is 7.44. The van der Waals surface area contributed by atoms with E-state index in [-0.39, 0.29) is 0 Å². The highest BCUT2D eigenvalue weighted by Crippen LogP contribution is 2.38. The largest absolute Gasteiger partial charge is 0.474 e. The fourth-order valence-electron chi connectivity index (χ4n) is 3.36. The zero-order valence-corrected chi connectivity index (χ0v) is 15.2. The van der Waals surface area contributed by atoms with Gasteiger partial charge in [0.25, 0.3) is 0 Å². The molecule has 0 unspecified atom stereocenters. The van der Waals surface area contributed by atoms with Gasteiger partial charge in [-0.05, 0) is 61.3 Å². The summed E-state index contributed by atoms with van der Waals surface area (Å²) in [6, 6.07) is 10.2. The number of rotatable bonds is 2. The van der Waals surface area contributed by atoms with Crippen molar-refractivity contribution < 1.29 is 4.74 Å². The number of fused-ring (bicyclic) bond motifs is 1. The first-order valence-electron chi connectivity index (χ1n) is 8.15. The molecule has 0 atom stereocenters. The minimum Gasteiger partial charge on any atom is -0.474 e. The summed E-state index contributed by atoms with van der Waals surface area (Å²) >= 11 is 3.49. The summed E-state index contributed by atoms with van der Waals surface area (Å²) in [5, 5.41) is 1.14. The molecule has 2 aromatic rings. The first-order chi connectivity index (χ1) is 10.4. The van der Waals surface area contributed by atoms with E-state index in [1.54, 1.807) is 0 Å². The molecule has 0 aliphatic heterocycles. The molecule has 3 heteroatoms. The average Bonchev–Trinajstić information content (AvgIpc) is 2.47. The van der Waals surface area contributed by atoms with E-state index in [0.29, 0.717) is 11.5 Å². The minimum absolute atomic E-state index is 0.319. The molecule has 0 radical (unpaired) electrons. The van der Waals surface area contributed by atoms with Crippen molar-refractivity contribution in [3.05, 3.63) is 34.8 Å². The highest BCUT2D eigenvalue weighted by atomic mass is 79.9. The Hall–Kier alpha value is -1.09. The maximum Gasteiger partial charge on any atom is 0.214 e. The zero-order valence-electron chi connectivity index (χ0n) is 13.6. The SMILES string of the molecule is CC(C)(C)C1CCC(Oc2ccc3cc(Br)ccc3n2)CC1. The molecule has 0 spiro atoms. The summed E-state index contributed by atoms with van der Waals surface area (Å²) in [4.78, 5) is 4.64. The van der Waals surface area contributed by atoms with Crippen LogP contribution in [-0.2, 0) is 0 Å². The molecule has 1 aliphatic carbocycles. The Kier molecular flexibility index (Phi) is 4.44. The van der Waals surface area contributed by atoms with E-state index in [4.69, 9.17) is 4.74 Å². The first kappa shape index (κ1) is 15.8. The van der Waals surface area contributed by atoms with E-state index >= 15 is 0 Å². The van der Waals surface area contributed by atoms with E-state index in [1.165, 1.54) is 12.8 Å². The third-order valence-electron chi connectivity index (χ3n) is 4.81. The number of pyridine rings is 1. The molecule has 1 aromatic heterocycles. The van der Waals surface area contributed by atoms with E-state index in [1.807, 2.05) is 18.2 Å². The molecule has 1 heterocycles. The van der Waals surface area contributed by atoms with Crippen molar-refractivity contribution in [3.63, 3.8) is 0 Å². The number of benzene rings is 1. The number of ether oxygens (including phenoxy) is 1. The van der Waals surface area contributed by atoms with Crippen LogP contribution >= 0.6 is 15.9 Å². The Balaban J connectivity index is 1.66. The molecule has 22 heavy (non-hydrogen) atoms. The molecule has 0 saturated heterocycles. The van der Waals surface area contributed by atoms with Gasteiger partial charge in [0.15, 0.2) is 0 Å². The number of nitrogens with zero attached hydrogens (tertiary/aromatic N) is 1. The van der Waals surface area contributed by atoms with Gasteiger partial charge in [-0.2, -0.15) is 0 Å². The molecule has 1 aliphatic rings. The smallest absolute Gasteiger partial charge is 0.214 e. The van der Waals surface area contributed by atoms with Crippen molar-refractivity contribution in [1.29, 1.82) is 0 Å². The van der Waals surface area contributed by atoms with Crippen LogP contribution in [0.4, 0.5) is 0 Å². The predicted octanol–water partition coefficient (Wildman–Crippen LogP) is 5.98. The zero-order chi connectivity index (χ0) is 15.7. The van der Waals surface area contributed by atoms with Gasteiger partial charge in [-0.1, -0.05) is 36.7 Å². The van der Waals surface area contributed by atoms with Crippen LogP contribution in [-0.4, -0.2) is 11.1 Å². The van der Waals surface area contributed by atoms with Gasteiger partial charge in [0, 0.05) is 15.9 Å². The van der Waals surface area contributed by atoms with Gasteiger partial charge in [-0.25, -0.2) is 4.98 Å². The highest BCUT2D eigenvalue weighted by molar-refractivity contribution is 9.10. The van der Waals surface area contributed by atoms with Gasteiger partial charge in [0.1, 0.15) is 6.10 Å². The molecule has 0 bridgehead atoms. The van der Waals surface area contributed by atoms with Crippen molar-refractivity contribution in [2.45, 2.75) is 52.6 Å². The van der Waals surface area contributed by atoms with Crippen LogP contribution in [0.2, 0.25) is 0 Å². The second-order valence-corrected chi connectivity index (χ2v) is 8.36. The number of aromatic nitrogens is 1. The summed E-state index contributed by atoms with van der Waals surface area (Å²) in [5.41, 5.74) is 1.41. The van der Waals surface area contributed by atoms with Crippen LogP contribution < -0.4 is 4.74 Å². The Morgan fingerprint density at radius 1 is 1.05 bits per heavy atom. The fourth-order valence-corrected chi connectivity index (χ4v) is 3.74. The van der Waals surface area contributed by atoms with Gasteiger partial charge in [0.2, 0.25) is 5.88 Å². The normalized spacial score (nSPS) is 22.7. The molecule has 1 aromatic carbocycles. The quantitative estimate of drug-likeness (QED) is 0.656. The summed E-state index contributed by atoms with van der Waals surface area (Å²) in [5.74, 6) is 1.57. The predicted molar refractivity (Wildman–Crippen MR) is 95.3 cm³/mol. The summed E-state index contributed by atoms with van der Waals surface area (Å²) in [6.45, 7) is 7.05. The van der Waals surface area contributed by atoms with Gasteiger partial charge in [-0.3, -0.25) is 0 Å². The third kappa shape index (κ3) is 3.62. The third-order valence-corrected chi connectivity index (χ3v) is 5.31. The lowest BCUT2D eigenvalue weighted by molar-refractivity contribution is 0.0854. The lowest BCUT2D eigenvalue weighted by atomic mass is 9.72. The van der Waals surface area contributed by atoms with Crippen molar-refractivity contribution in [2.24, 2.45) is 11.3 Å². The summed E-state index contributed by atoms with van der Waals surface area (Å²) in [7, 11) is 0. The van der Waals surface area contributed by atoms with Gasteiger partial charge < -0.3 is 4.74 Å². The van der Waals surface area contributed by atoms with Crippen LogP contribution in [0, 0.1) is 11.3 Å². The Morgan fingerprint density at radius 3 is 2.45 bits per heavy atom. The highest BCUT2D eigenvalue weighted by Gasteiger charge is 2.30. The second kappa shape index (κ2) is 6.19. The van der Waals surface area contributed by atoms with Gasteiger partial charge in [-0.15, -0.1) is 0 Å². The minimum atomic E-state index is 0.319. The van der Waals surface area contributed by atoms with Crippen molar-refractivity contribution in [2.75, 3.05) is 0 Å². The van der Waals surface area contributed by atoms with Crippen molar-refractivity contribution in [3.8, 4) is 5.88 Å². The molecule has 1 fully saturated rings. The van der Waals surface area contributed by atoms with Crippen LogP contribution in [0.5, 0.6) is 5.88 Å². The van der Waals surface area contributed by atoms with E-state index in [2.05, 4.69) is 53.8 Å². The monoisotopic (exact) mass is 361 g/mol. The van der Waals surface area contributed by atoms with Crippen LogP contribution in [0.25, 0.3) is 10.9 Å². The molecule has 0 amide bonds. The molecule has 0 N–H and O–H groups in total. The Morgan fingerprint density at radius 2 is 1.77 bits per heavy atom. The fraction of sp³-hybridized carbons (Fsp3) is 0.526. The standard InChI is InChI=1S/C19H24BrNO/c1-19(2,3)14-5-8-16(9-6-14)22-18-11-4-13-12-15(20)7-10-17(13)21-18/h4,7,10-12,14,16H,5-6,8-9H2,1-3H3. The average molecular weight is 362 g/mol. The maximum atomic E-state index is 6.13. The lowest BCUT2D eigenvalue weighted by Gasteiger charge is -2.36. The van der Waals surface area contributed by atoms with Crippen LogP contribution in [0.3, 0.4) is 0 Å². The van der Waals surface area contributed by atoms with Crippen molar-refractivity contribution >= 4 is 26.8 Å². The lowest BCUT2D eigenvalue weighted by Crippen LogP contribution is -2.30. The molecule has 2 nitrogen and oxygen atoms in total. The maximum absolute atomic E-state index is 6.13. The van der Waals surface area contributed by atoms with E-state index in [9.17, 15) is 0 Å². The van der Waals surface area contributed by atoms with Crippen molar-refractivity contribution in [1.82, 2.24) is 4.98 Å². The van der Waals surface area contributed by atoms with Gasteiger partial charge in [0.05, 0.1) is 5.52 Å². The van der Waals surface area contributed by atoms with Crippen LogP contribution in [0.1, 0.15) is 46.5 Å². The Labute approximate surface area is 141 Å². The first-order valence-corrected chi connectivity index (χ1v) is 8.94.